The Kier molecular flexibility index (Phi) is 4.24. The van der Waals surface area contributed by atoms with Crippen LogP contribution in [0, 0.1) is 6.92 Å². The summed E-state index contributed by atoms with van der Waals surface area (Å²) in [4.78, 5) is 3.74. The van der Waals surface area contributed by atoms with E-state index in [0.717, 1.165) is 24.0 Å². The molecule has 2 rings (SSSR count). The van der Waals surface area contributed by atoms with E-state index in [9.17, 15) is 13.2 Å². The number of halogens is 4. The summed E-state index contributed by atoms with van der Waals surface area (Å²) >= 11 is 6.97. The minimum Gasteiger partial charge on any atom is -0.424 e. The number of thioether (sulfide) groups is 1. The van der Waals surface area contributed by atoms with Crippen LogP contribution in [-0.4, -0.2) is 15.2 Å². The number of hydrogen-bond acceptors (Lipinski definition) is 5. The molecule has 20 heavy (non-hydrogen) atoms. The summed E-state index contributed by atoms with van der Waals surface area (Å²) in [6.45, 7) is 3.42. The van der Waals surface area contributed by atoms with Gasteiger partial charge in [0.15, 0.2) is 0 Å². The van der Waals surface area contributed by atoms with Crippen LogP contribution in [0.3, 0.4) is 0 Å². The molecule has 0 bridgehead atoms. The zero-order valence-corrected chi connectivity index (χ0v) is 12.0. The molecular weight excluding hydrogens is 315 g/mol. The second-order valence-corrected chi connectivity index (χ2v) is 5.66. The van der Waals surface area contributed by atoms with Crippen LogP contribution in [0.2, 0.25) is 5.02 Å². The lowest BCUT2D eigenvalue weighted by molar-refractivity contribution is -0.137. The Morgan fingerprint density at radius 1 is 1.35 bits per heavy atom. The molecule has 0 saturated carbocycles. The smallest absolute Gasteiger partial charge is 0.417 e. The van der Waals surface area contributed by atoms with Crippen molar-refractivity contribution in [2.24, 2.45) is 0 Å². The Morgan fingerprint density at radius 2 is 2.05 bits per heavy atom. The van der Waals surface area contributed by atoms with Crippen LogP contribution in [0.5, 0.6) is 0 Å². The van der Waals surface area contributed by atoms with Gasteiger partial charge in [0, 0.05) is 13.1 Å². The van der Waals surface area contributed by atoms with Crippen molar-refractivity contribution in [3.8, 4) is 0 Å². The summed E-state index contributed by atoms with van der Waals surface area (Å²) in [7, 11) is 0. The van der Waals surface area contributed by atoms with Crippen LogP contribution in [0.1, 0.15) is 29.5 Å². The molecule has 108 valence electrons. The van der Waals surface area contributed by atoms with E-state index in [0.29, 0.717) is 11.8 Å². The molecule has 2 heterocycles. The van der Waals surface area contributed by atoms with E-state index in [-0.39, 0.29) is 15.3 Å². The SMILES string of the molecule is Cc1nnc([C@@H](C)Sc2ncc(C(F)(F)F)cc2Cl)o1. The maximum absolute atomic E-state index is 12.5. The van der Waals surface area contributed by atoms with Gasteiger partial charge in [0.1, 0.15) is 5.03 Å². The Balaban J connectivity index is 2.18. The van der Waals surface area contributed by atoms with Gasteiger partial charge in [-0.3, -0.25) is 0 Å². The van der Waals surface area contributed by atoms with Gasteiger partial charge in [0.2, 0.25) is 11.8 Å². The van der Waals surface area contributed by atoms with Crippen LogP contribution in [0.4, 0.5) is 13.2 Å². The normalized spacial score (nSPS) is 13.5. The fourth-order valence-electron chi connectivity index (χ4n) is 1.36. The predicted molar refractivity (Wildman–Crippen MR) is 67.6 cm³/mol. The van der Waals surface area contributed by atoms with Gasteiger partial charge in [-0.25, -0.2) is 4.98 Å². The molecule has 0 saturated heterocycles. The summed E-state index contributed by atoms with van der Waals surface area (Å²) in [5, 5.41) is 7.48. The Labute approximate surface area is 121 Å². The van der Waals surface area contributed by atoms with Crippen molar-refractivity contribution in [1.29, 1.82) is 0 Å². The van der Waals surface area contributed by atoms with E-state index in [4.69, 9.17) is 16.0 Å². The fourth-order valence-corrected chi connectivity index (χ4v) is 2.48. The first-order chi connectivity index (χ1) is 9.27. The second-order valence-electron chi connectivity index (χ2n) is 3.93. The number of rotatable bonds is 3. The lowest BCUT2D eigenvalue weighted by Gasteiger charge is -2.10. The molecule has 2 aromatic heterocycles. The molecule has 0 aliphatic rings. The lowest BCUT2D eigenvalue weighted by Crippen LogP contribution is -2.05. The Hall–Kier alpha value is -1.28. The molecule has 0 aliphatic carbocycles. The lowest BCUT2D eigenvalue weighted by atomic mass is 10.3. The topological polar surface area (TPSA) is 51.8 Å². The van der Waals surface area contributed by atoms with Gasteiger partial charge in [-0.15, -0.1) is 10.2 Å². The molecule has 0 radical (unpaired) electrons. The third-order valence-electron chi connectivity index (χ3n) is 2.31. The maximum atomic E-state index is 12.5. The number of aromatic nitrogens is 3. The van der Waals surface area contributed by atoms with E-state index in [1.165, 1.54) is 0 Å². The van der Waals surface area contributed by atoms with E-state index < -0.39 is 11.7 Å². The van der Waals surface area contributed by atoms with Crippen molar-refractivity contribution in [2.75, 3.05) is 0 Å². The van der Waals surface area contributed by atoms with Crippen LogP contribution >= 0.6 is 23.4 Å². The maximum Gasteiger partial charge on any atom is 0.417 e. The predicted octanol–water partition coefficient (Wildman–Crippen LogP) is 4.30. The van der Waals surface area contributed by atoms with Crippen molar-refractivity contribution < 1.29 is 17.6 Å². The van der Waals surface area contributed by atoms with Crippen molar-refractivity contribution in [2.45, 2.75) is 30.3 Å². The molecule has 0 amide bonds. The highest BCUT2D eigenvalue weighted by molar-refractivity contribution is 7.99. The van der Waals surface area contributed by atoms with E-state index >= 15 is 0 Å². The quantitative estimate of drug-likeness (QED) is 0.788. The van der Waals surface area contributed by atoms with Gasteiger partial charge >= 0.3 is 6.18 Å². The minimum absolute atomic E-state index is 0.0621. The van der Waals surface area contributed by atoms with E-state index in [2.05, 4.69) is 15.2 Å². The molecule has 0 spiro atoms. The molecule has 0 unspecified atom stereocenters. The van der Waals surface area contributed by atoms with Crippen molar-refractivity contribution in [3.63, 3.8) is 0 Å². The van der Waals surface area contributed by atoms with Gasteiger partial charge in [-0.1, -0.05) is 23.4 Å². The molecule has 4 nitrogen and oxygen atoms in total. The number of pyridine rings is 1. The Morgan fingerprint density at radius 3 is 2.55 bits per heavy atom. The van der Waals surface area contributed by atoms with Gasteiger partial charge in [0.05, 0.1) is 15.8 Å². The summed E-state index contributed by atoms with van der Waals surface area (Å²) in [6, 6.07) is 0.850. The number of hydrogen-bond donors (Lipinski definition) is 0. The second kappa shape index (κ2) is 5.61. The number of alkyl halides is 3. The molecular formula is C11H9ClF3N3OS. The first-order valence-corrected chi connectivity index (χ1v) is 6.72. The average Bonchev–Trinajstić information content (AvgIpc) is 2.77. The molecule has 0 aromatic carbocycles. The first-order valence-electron chi connectivity index (χ1n) is 5.47. The summed E-state index contributed by atoms with van der Waals surface area (Å²) in [5.41, 5.74) is -0.881. The van der Waals surface area contributed by atoms with Crippen LogP contribution < -0.4 is 0 Å². The van der Waals surface area contributed by atoms with Crippen LogP contribution in [0.25, 0.3) is 0 Å². The number of nitrogens with zero attached hydrogens (tertiary/aromatic N) is 3. The summed E-state index contributed by atoms with van der Waals surface area (Å²) < 4.78 is 42.7. The van der Waals surface area contributed by atoms with Crippen molar-refractivity contribution in [1.82, 2.24) is 15.2 Å². The standard InChI is InChI=1S/C11H9ClF3N3OS/c1-5(9-18-17-6(2)19-9)20-10-8(12)3-7(4-16-10)11(13,14)15/h3-5H,1-2H3/t5-/m1/s1. The average molecular weight is 324 g/mol. The van der Waals surface area contributed by atoms with E-state index in [1.54, 1.807) is 13.8 Å². The third-order valence-corrected chi connectivity index (χ3v) is 3.82. The highest BCUT2D eigenvalue weighted by Crippen LogP contribution is 2.38. The zero-order chi connectivity index (χ0) is 14.9. The van der Waals surface area contributed by atoms with Crippen LogP contribution in [-0.2, 0) is 6.18 Å². The molecule has 1 atom stereocenters. The monoisotopic (exact) mass is 323 g/mol. The zero-order valence-electron chi connectivity index (χ0n) is 10.4. The first kappa shape index (κ1) is 15.1. The number of aryl methyl sites for hydroxylation is 1. The van der Waals surface area contributed by atoms with Gasteiger partial charge in [0.25, 0.3) is 0 Å². The fraction of sp³-hybridized carbons (Fsp3) is 0.364. The minimum atomic E-state index is -4.46. The summed E-state index contributed by atoms with van der Waals surface area (Å²) in [5.74, 6) is 0.782. The molecule has 9 heteroatoms. The van der Waals surface area contributed by atoms with E-state index in [1.807, 2.05) is 0 Å². The third kappa shape index (κ3) is 3.43. The highest BCUT2D eigenvalue weighted by Gasteiger charge is 2.31. The highest BCUT2D eigenvalue weighted by atomic mass is 35.5. The molecule has 0 fully saturated rings. The molecule has 0 N–H and O–H groups in total. The molecule has 0 aliphatic heterocycles. The van der Waals surface area contributed by atoms with Gasteiger partial charge in [-0.2, -0.15) is 13.2 Å². The van der Waals surface area contributed by atoms with Crippen molar-refractivity contribution >= 4 is 23.4 Å². The summed E-state index contributed by atoms with van der Waals surface area (Å²) in [6.07, 6.45) is -3.71. The Bertz CT molecular complexity index is 617. The van der Waals surface area contributed by atoms with Gasteiger partial charge in [-0.05, 0) is 13.0 Å². The van der Waals surface area contributed by atoms with Gasteiger partial charge < -0.3 is 4.42 Å². The molecule has 2 aromatic rings. The van der Waals surface area contributed by atoms with Crippen LogP contribution in [0.15, 0.2) is 21.7 Å². The largest absolute Gasteiger partial charge is 0.424 e. The van der Waals surface area contributed by atoms with Crippen molar-refractivity contribution in [3.05, 3.63) is 34.6 Å².